The molecule has 2 nitrogen and oxygen atoms in total. The smallest absolute Gasteiger partial charge is 0.0213 e. The number of hydrogen-bond acceptors (Lipinski definition) is 2. The fourth-order valence-corrected chi connectivity index (χ4v) is 2.10. The molecule has 0 fully saturated rings. The average molecular weight is 214 g/mol. The molecule has 0 amide bonds. The van der Waals surface area contributed by atoms with Gasteiger partial charge in [-0.3, -0.25) is 11.3 Å². The van der Waals surface area contributed by atoms with E-state index in [-0.39, 0.29) is 0 Å². The van der Waals surface area contributed by atoms with Crippen molar-refractivity contribution in [1.29, 1.82) is 0 Å². The highest BCUT2D eigenvalue weighted by Crippen LogP contribution is 2.20. The second kappa shape index (κ2) is 10.4. The zero-order valence-electron chi connectivity index (χ0n) is 10.9. The molecule has 0 saturated heterocycles. The highest BCUT2D eigenvalue weighted by molar-refractivity contribution is 4.69. The predicted molar refractivity (Wildman–Crippen MR) is 68.6 cm³/mol. The molecule has 0 saturated carbocycles. The minimum absolute atomic E-state index is 0.534. The molecule has 92 valence electrons. The number of unbranched alkanes of at least 4 members (excludes halogenated alkanes) is 2. The summed E-state index contributed by atoms with van der Waals surface area (Å²) in [7, 11) is 0. The van der Waals surface area contributed by atoms with Crippen molar-refractivity contribution in [3.63, 3.8) is 0 Å². The second-order valence-corrected chi connectivity index (χ2v) is 4.66. The third-order valence-corrected chi connectivity index (χ3v) is 3.30. The van der Waals surface area contributed by atoms with E-state index in [4.69, 9.17) is 5.84 Å². The molecule has 3 N–H and O–H groups in total. The van der Waals surface area contributed by atoms with Crippen LogP contribution in [0.3, 0.4) is 0 Å². The van der Waals surface area contributed by atoms with Crippen LogP contribution in [0.2, 0.25) is 0 Å². The first-order chi connectivity index (χ1) is 7.28. The van der Waals surface area contributed by atoms with Crippen LogP contribution in [0.25, 0.3) is 0 Å². The lowest BCUT2D eigenvalue weighted by molar-refractivity contribution is 0.335. The van der Waals surface area contributed by atoms with E-state index in [1.807, 2.05) is 0 Å². The summed E-state index contributed by atoms with van der Waals surface area (Å²) in [5.74, 6) is 6.46. The van der Waals surface area contributed by atoms with E-state index in [2.05, 4.69) is 26.2 Å². The highest BCUT2D eigenvalue weighted by Gasteiger charge is 2.13. The fourth-order valence-electron chi connectivity index (χ4n) is 2.10. The van der Waals surface area contributed by atoms with E-state index in [9.17, 15) is 0 Å². The topological polar surface area (TPSA) is 38.0 Å². The second-order valence-electron chi connectivity index (χ2n) is 4.66. The monoisotopic (exact) mass is 214 g/mol. The maximum absolute atomic E-state index is 5.60. The Morgan fingerprint density at radius 3 is 2.07 bits per heavy atom. The van der Waals surface area contributed by atoms with Gasteiger partial charge in [0.15, 0.2) is 0 Å². The lowest BCUT2D eigenvalue weighted by atomic mass is 9.90. The van der Waals surface area contributed by atoms with Crippen LogP contribution in [-0.2, 0) is 0 Å². The van der Waals surface area contributed by atoms with E-state index in [0.717, 1.165) is 5.92 Å². The van der Waals surface area contributed by atoms with Crippen molar-refractivity contribution < 1.29 is 0 Å². The molecule has 0 bridgehead atoms. The van der Waals surface area contributed by atoms with Gasteiger partial charge in [0.25, 0.3) is 0 Å². The molecule has 0 aliphatic heterocycles. The van der Waals surface area contributed by atoms with Gasteiger partial charge in [-0.05, 0) is 18.8 Å². The zero-order chi connectivity index (χ0) is 11.5. The van der Waals surface area contributed by atoms with Crippen molar-refractivity contribution >= 4 is 0 Å². The molecule has 0 aromatic rings. The summed E-state index contributed by atoms with van der Waals surface area (Å²) < 4.78 is 0. The van der Waals surface area contributed by atoms with E-state index in [1.165, 1.54) is 51.4 Å². The molecular formula is C13H30N2. The van der Waals surface area contributed by atoms with Gasteiger partial charge in [-0.2, -0.15) is 0 Å². The van der Waals surface area contributed by atoms with Gasteiger partial charge >= 0.3 is 0 Å². The van der Waals surface area contributed by atoms with Crippen molar-refractivity contribution in [2.24, 2.45) is 11.8 Å². The largest absolute Gasteiger partial charge is 0.271 e. The standard InChI is InChI=1S/C13H30N2/c1-4-7-9-12(6-3)11-13(15-14)10-8-5-2/h12-13,15H,4-11,14H2,1-3H3. The Bertz CT molecular complexity index is 112. The molecule has 0 rings (SSSR count). The summed E-state index contributed by atoms with van der Waals surface area (Å²) >= 11 is 0. The van der Waals surface area contributed by atoms with E-state index >= 15 is 0 Å². The molecule has 2 unspecified atom stereocenters. The zero-order valence-corrected chi connectivity index (χ0v) is 10.9. The summed E-state index contributed by atoms with van der Waals surface area (Å²) in [6.45, 7) is 6.80. The lowest BCUT2D eigenvalue weighted by Gasteiger charge is -2.22. The number of nitrogens with two attached hydrogens (primary N) is 1. The van der Waals surface area contributed by atoms with Crippen LogP contribution < -0.4 is 11.3 Å². The molecule has 2 heteroatoms. The summed E-state index contributed by atoms with van der Waals surface area (Å²) in [6.07, 6.45) is 10.4. The van der Waals surface area contributed by atoms with Crippen LogP contribution in [0.15, 0.2) is 0 Å². The molecule has 0 radical (unpaired) electrons. The molecule has 15 heavy (non-hydrogen) atoms. The molecule has 0 heterocycles. The quantitative estimate of drug-likeness (QED) is 0.430. The predicted octanol–water partition coefficient (Wildman–Crippen LogP) is 3.62. The molecule has 0 spiro atoms. The Hall–Kier alpha value is -0.0800. The van der Waals surface area contributed by atoms with Crippen molar-refractivity contribution in [3.05, 3.63) is 0 Å². The van der Waals surface area contributed by atoms with Gasteiger partial charge in [-0.25, -0.2) is 0 Å². The van der Waals surface area contributed by atoms with Gasteiger partial charge < -0.3 is 0 Å². The first-order valence-electron chi connectivity index (χ1n) is 6.74. The number of nitrogens with one attached hydrogen (secondary N) is 1. The first kappa shape index (κ1) is 14.9. The Morgan fingerprint density at radius 1 is 1.00 bits per heavy atom. The van der Waals surface area contributed by atoms with Crippen LogP contribution in [0.4, 0.5) is 0 Å². The van der Waals surface area contributed by atoms with Gasteiger partial charge in [0, 0.05) is 6.04 Å². The molecule has 0 aromatic carbocycles. The highest BCUT2D eigenvalue weighted by atomic mass is 15.2. The van der Waals surface area contributed by atoms with Crippen LogP contribution in [0.5, 0.6) is 0 Å². The Labute approximate surface area is 96.0 Å². The Balaban J connectivity index is 3.77. The first-order valence-corrected chi connectivity index (χ1v) is 6.74. The van der Waals surface area contributed by atoms with Crippen LogP contribution in [0.1, 0.15) is 72.1 Å². The Kier molecular flexibility index (Phi) is 10.4. The lowest BCUT2D eigenvalue weighted by Crippen LogP contribution is -2.36. The molecular weight excluding hydrogens is 184 g/mol. The summed E-state index contributed by atoms with van der Waals surface area (Å²) in [6, 6.07) is 0.534. The van der Waals surface area contributed by atoms with E-state index in [1.54, 1.807) is 0 Å². The average Bonchev–Trinajstić information content (AvgIpc) is 2.28. The SMILES string of the molecule is CCCCC(CC)CC(CCCC)NN. The minimum Gasteiger partial charge on any atom is -0.271 e. The summed E-state index contributed by atoms with van der Waals surface area (Å²) in [5, 5.41) is 0. The summed E-state index contributed by atoms with van der Waals surface area (Å²) in [4.78, 5) is 0. The fraction of sp³-hybridized carbons (Fsp3) is 1.00. The molecule has 0 aliphatic carbocycles. The van der Waals surface area contributed by atoms with Gasteiger partial charge in [-0.15, -0.1) is 0 Å². The maximum atomic E-state index is 5.60. The van der Waals surface area contributed by atoms with Crippen molar-refractivity contribution in [3.8, 4) is 0 Å². The van der Waals surface area contributed by atoms with Crippen LogP contribution in [0, 0.1) is 5.92 Å². The van der Waals surface area contributed by atoms with E-state index in [0.29, 0.717) is 6.04 Å². The van der Waals surface area contributed by atoms with Crippen LogP contribution in [-0.4, -0.2) is 6.04 Å². The number of rotatable bonds is 10. The third-order valence-electron chi connectivity index (χ3n) is 3.30. The van der Waals surface area contributed by atoms with Crippen molar-refractivity contribution in [1.82, 2.24) is 5.43 Å². The van der Waals surface area contributed by atoms with Gasteiger partial charge in [0.2, 0.25) is 0 Å². The van der Waals surface area contributed by atoms with Gasteiger partial charge in [-0.1, -0.05) is 59.3 Å². The molecule has 0 aromatic heterocycles. The van der Waals surface area contributed by atoms with E-state index < -0.39 is 0 Å². The van der Waals surface area contributed by atoms with Gasteiger partial charge in [0.1, 0.15) is 0 Å². The number of hydrazine groups is 1. The van der Waals surface area contributed by atoms with Crippen LogP contribution >= 0.6 is 0 Å². The molecule has 0 aliphatic rings. The molecule has 2 atom stereocenters. The van der Waals surface area contributed by atoms with Crippen molar-refractivity contribution in [2.75, 3.05) is 0 Å². The number of hydrogen-bond donors (Lipinski definition) is 2. The normalized spacial score (nSPS) is 15.2. The Morgan fingerprint density at radius 2 is 1.60 bits per heavy atom. The minimum atomic E-state index is 0.534. The third kappa shape index (κ3) is 7.80. The summed E-state index contributed by atoms with van der Waals surface area (Å²) in [5.41, 5.74) is 2.98. The maximum Gasteiger partial charge on any atom is 0.0213 e. The van der Waals surface area contributed by atoms with Gasteiger partial charge in [0.05, 0.1) is 0 Å². The van der Waals surface area contributed by atoms with Crippen molar-refractivity contribution in [2.45, 2.75) is 78.2 Å².